The SMILES string of the molecule is CCOc1ccc(-c2ccc(C(=O)OCCOC=O)cc2)cc1. The highest BCUT2D eigenvalue weighted by Gasteiger charge is 2.07. The van der Waals surface area contributed by atoms with Crippen LogP contribution in [0.3, 0.4) is 0 Å². The summed E-state index contributed by atoms with van der Waals surface area (Å²) in [5.41, 5.74) is 2.48. The van der Waals surface area contributed by atoms with Crippen LogP contribution in [0.5, 0.6) is 5.75 Å². The van der Waals surface area contributed by atoms with Gasteiger partial charge in [-0.05, 0) is 42.3 Å². The van der Waals surface area contributed by atoms with Crippen molar-refractivity contribution in [3.63, 3.8) is 0 Å². The molecule has 2 aromatic carbocycles. The van der Waals surface area contributed by atoms with Gasteiger partial charge in [0.25, 0.3) is 6.47 Å². The van der Waals surface area contributed by atoms with Crippen molar-refractivity contribution in [2.75, 3.05) is 19.8 Å². The van der Waals surface area contributed by atoms with Gasteiger partial charge in [0, 0.05) is 0 Å². The molecule has 0 saturated heterocycles. The van der Waals surface area contributed by atoms with E-state index >= 15 is 0 Å². The van der Waals surface area contributed by atoms with E-state index in [9.17, 15) is 9.59 Å². The zero-order chi connectivity index (χ0) is 16.5. The van der Waals surface area contributed by atoms with Gasteiger partial charge in [-0.1, -0.05) is 24.3 Å². The first-order valence-electron chi connectivity index (χ1n) is 7.30. The van der Waals surface area contributed by atoms with Crippen LogP contribution in [-0.2, 0) is 14.3 Å². The Morgan fingerprint density at radius 2 is 1.57 bits per heavy atom. The molecule has 0 unspecified atom stereocenters. The van der Waals surface area contributed by atoms with E-state index in [2.05, 4.69) is 4.74 Å². The Morgan fingerprint density at radius 3 is 2.13 bits per heavy atom. The lowest BCUT2D eigenvalue weighted by atomic mass is 10.0. The third-order valence-corrected chi connectivity index (χ3v) is 3.12. The smallest absolute Gasteiger partial charge is 0.338 e. The van der Waals surface area contributed by atoms with Crippen molar-refractivity contribution < 1.29 is 23.8 Å². The van der Waals surface area contributed by atoms with Crippen LogP contribution in [0.15, 0.2) is 48.5 Å². The van der Waals surface area contributed by atoms with Gasteiger partial charge in [0.1, 0.15) is 19.0 Å². The maximum absolute atomic E-state index is 11.8. The first kappa shape index (κ1) is 16.5. The maximum Gasteiger partial charge on any atom is 0.338 e. The van der Waals surface area contributed by atoms with Gasteiger partial charge in [-0.2, -0.15) is 0 Å². The summed E-state index contributed by atoms with van der Waals surface area (Å²) in [4.78, 5) is 21.8. The molecular weight excluding hydrogens is 296 g/mol. The summed E-state index contributed by atoms with van der Waals surface area (Å²) >= 11 is 0. The van der Waals surface area contributed by atoms with Gasteiger partial charge >= 0.3 is 5.97 Å². The predicted molar refractivity (Wildman–Crippen MR) is 85.3 cm³/mol. The van der Waals surface area contributed by atoms with Crippen LogP contribution in [0.2, 0.25) is 0 Å². The summed E-state index contributed by atoms with van der Waals surface area (Å²) in [6.07, 6.45) is 0. The molecule has 0 amide bonds. The second kappa shape index (κ2) is 8.58. The molecule has 0 spiro atoms. The Hall–Kier alpha value is -2.82. The summed E-state index contributed by atoms with van der Waals surface area (Å²) < 4.78 is 14.8. The number of rotatable bonds is 8. The quantitative estimate of drug-likeness (QED) is 0.426. The van der Waals surface area contributed by atoms with Crippen LogP contribution in [0.4, 0.5) is 0 Å². The standard InChI is InChI=1S/C18H18O5/c1-2-22-17-9-7-15(8-10-17)14-3-5-16(6-4-14)18(20)23-12-11-21-13-19/h3-10,13H,2,11-12H2,1H3. The fourth-order valence-electron chi connectivity index (χ4n) is 2.02. The number of hydrogen-bond acceptors (Lipinski definition) is 5. The van der Waals surface area contributed by atoms with Crippen molar-refractivity contribution >= 4 is 12.4 Å². The highest BCUT2D eigenvalue weighted by Crippen LogP contribution is 2.23. The van der Waals surface area contributed by atoms with E-state index in [1.54, 1.807) is 12.1 Å². The predicted octanol–water partition coefficient (Wildman–Crippen LogP) is 3.08. The van der Waals surface area contributed by atoms with E-state index in [-0.39, 0.29) is 13.2 Å². The molecule has 0 aliphatic rings. The van der Waals surface area contributed by atoms with Gasteiger partial charge in [0.2, 0.25) is 0 Å². The van der Waals surface area contributed by atoms with Gasteiger partial charge in [0.05, 0.1) is 12.2 Å². The average Bonchev–Trinajstić information content (AvgIpc) is 2.60. The Bertz CT molecular complexity index is 631. The molecule has 0 heterocycles. The summed E-state index contributed by atoms with van der Waals surface area (Å²) in [6.45, 7) is 2.99. The van der Waals surface area contributed by atoms with Gasteiger partial charge < -0.3 is 14.2 Å². The Morgan fingerprint density at radius 1 is 0.957 bits per heavy atom. The number of carbonyl (C=O) groups is 2. The van der Waals surface area contributed by atoms with Gasteiger partial charge in [-0.3, -0.25) is 4.79 Å². The fourth-order valence-corrected chi connectivity index (χ4v) is 2.02. The first-order valence-corrected chi connectivity index (χ1v) is 7.30. The van der Waals surface area contributed by atoms with Gasteiger partial charge in [-0.15, -0.1) is 0 Å². The Labute approximate surface area is 134 Å². The second-order valence-corrected chi connectivity index (χ2v) is 4.64. The number of hydrogen-bond donors (Lipinski definition) is 0. The van der Waals surface area contributed by atoms with Crippen molar-refractivity contribution in [2.24, 2.45) is 0 Å². The summed E-state index contributed by atoms with van der Waals surface area (Å²) in [5, 5.41) is 0. The topological polar surface area (TPSA) is 61.8 Å². The van der Waals surface area contributed by atoms with Crippen molar-refractivity contribution in [2.45, 2.75) is 6.92 Å². The van der Waals surface area contributed by atoms with E-state index in [1.165, 1.54) is 0 Å². The highest BCUT2D eigenvalue weighted by molar-refractivity contribution is 5.90. The molecule has 0 aliphatic carbocycles. The normalized spacial score (nSPS) is 9.96. The molecule has 2 aromatic rings. The molecule has 0 saturated carbocycles. The largest absolute Gasteiger partial charge is 0.494 e. The minimum atomic E-state index is -0.447. The van der Waals surface area contributed by atoms with Gasteiger partial charge in [-0.25, -0.2) is 4.79 Å². The molecule has 0 N–H and O–H groups in total. The zero-order valence-electron chi connectivity index (χ0n) is 12.9. The van der Waals surface area contributed by atoms with Crippen LogP contribution in [0, 0.1) is 0 Å². The van der Waals surface area contributed by atoms with Crippen LogP contribution < -0.4 is 4.74 Å². The van der Waals surface area contributed by atoms with Crippen LogP contribution in [0.25, 0.3) is 11.1 Å². The van der Waals surface area contributed by atoms with Crippen LogP contribution in [0.1, 0.15) is 17.3 Å². The number of esters is 1. The molecule has 0 aliphatic heterocycles. The number of benzene rings is 2. The number of carbonyl (C=O) groups excluding carboxylic acids is 2. The molecule has 5 nitrogen and oxygen atoms in total. The summed E-state index contributed by atoms with van der Waals surface area (Å²) in [5.74, 6) is 0.381. The summed E-state index contributed by atoms with van der Waals surface area (Å²) in [7, 11) is 0. The second-order valence-electron chi connectivity index (χ2n) is 4.64. The molecule has 0 fully saturated rings. The minimum absolute atomic E-state index is 0.0399. The lowest BCUT2D eigenvalue weighted by molar-refractivity contribution is -0.129. The minimum Gasteiger partial charge on any atom is -0.494 e. The molecule has 2 rings (SSSR count). The molecule has 120 valence electrons. The van der Waals surface area contributed by atoms with E-state index < -0.39 is 5.97 Å². The Balaban J connectivity index is 1.98. The van der Waals surface area contributed by atoms with Crippen molar-refractivity contribution in [1.29, 1.82) is 0 Å². The van der Waals surface area contributed by atoms with E-state index in [0.717, 1.165) is 16.9 Å². The third kappa shape index (κ3) is 4.85. The van der Waals surface area contributed by atoms with E-state index in [4.69, 9.17) is 9.47 Å². The van der Waals surface area contributed by atoms with Crippen LogP contribution in [-0.4, -0.2) is 32.3 Å². The van der Waals surface area contributed by atoms with Crippen LogP contribution >= 0.6 is 0 Å². The van der Waals surface area contributed by atoms with Gasteiger partial charge in [0.15, 0.2) is 0 Å². The van der Waals surface area contributed by atoms with Crippen molar-refractivity contribution in [3.05, 3.63) is 54.1 Å². The molecule has 0 atom stereocenters. The number of ether oxygens (including phenoxy) is 3. The lowest BCUT2D eigenvalue weighted by Gasteiger charge is -2.07. The highest BCUT2D eigenvalue weighted by atomic mass is 16.6. The zero-order valence-corrected chi connectivity index (χ0v) is 12.9. The monoisotopic (exact) mass is 314 g/mol. The fraction of sp³-hybridized carbons (Fsp3) is 0.222. The molecule has 0 aromatic heterocycles. The molecule has 0 radical (unpaired) electrons. The maximum atomic E-state index is 11.8. The van der Waals surface area contributed by atoms with E-state index in [1.807, 2.05) is 43.3 Å². The molecular formula is C18H18O5. The molecule has 0 bridgehead atoms. The van der Waals surface area contributed by atoms with Crippen molar-refractivity contribution in [3.8, 4) is 16.9 Å². The first-order chi connectivity index (χ1) is 11.2. The van der Waals surface area contributed by atoms with Crippen molar-refractivity contribution in [1.82, 2.24) is 0 Å². The Kier molecular flexibility index (Phi) is 6.17. The molecule has 23 heavy (non-hydrogen) atoms. The summed E-state index contributed by atoms with van der Waals surface area (Å²) in [6, 6.07) is 14.9. The van der Waals surface area contributed by atoms with E-state index in [0.29, 0.717) is 18.6 Å². The average molecular weight is 314 g/mol. The third-order valence-electron chi connectivity index (χ3n) is 3.12. The molecule has 5 heteroatoms. The lowest BCUT2D eigenvalue weighted by Crippen LogP contribution is -2.10.